The summed E-state index contributed by atoms with van der Waals surface area (Å²) >= 11 is 5.97. The van der Waals surface area contributed by atoms with E-state index in [0.29, 0.717) is 56.4 Å². The lowest BCUT2D eigenvalue weighted by Crippen LogP contribution is -2.48. The Hall–Kier alpha value is -2.13. The van der Waals surface area contributed by atoms with Crippen molar-refractivity contribution in [3.63, 3.8) is 0 Å². The Morgan fingerprint density at radius 3 is 2.31 bits per heavy atom. The molecule has 2 heterocycles. The third-order valence-electron chi connectivity index (χ3n) is 6.12. The van der Waals surface area contributed by atoms with Crippen molar-refractivity contribution in [2.75, 3.05) is 39.9 Å². The molecule has 0 radical (unpaired) electrons. The molecule has 1 atom stereocenters. The number of morpholine rings is 1. The van der Waals surface area contributed by atoms with Crippen molar-refractivity contribution in [2.45, 2.75) is 23.8 Å². The second-order valence-corrected chi connectivity index (χ2v) is 10.4. The molecule has 0 N–H and O–H groups in total. The zero-order valence-corrected chi connectivity index (χ0v) is 19.5. The number of nitrogens with zero attached hydrogens (tertiary/aromatic N) is 2. The van der Waals surface area contributed by atoms with Gasteiger partial charge < -0.3 is 14.4 Å². The fraction of sp³-hybridized carbons (Fsp3) is 0.435. The molecule has 172 valence electrons. The van der Waals surface area contributed by atoms with E-state index in [1.165, 1.54) is 11.4 Å². The Balaban J connectivity index is 1.36. The second-order valence-electron chi connectivity index (χ2n) is 8.05. The molecule has 2 aromatic rings. The summed E-state index contributed by atoms with van der Waals surface area (Å²) in [5, 5.41) is 0.661. The van der Waals surface area contributed by atoms with Gasteiger partial charge in [-0.05, 0) is 54.8 Å². The Bertz CT molecular complexity index is 1040. The number of rotatable bonds is 5. The smallest absolute Gasteiger partial charge is 0.243 e. The van der Waals surface area contributed by atoms with Gasteiger partial charge in [0.1, 0.15) is 11.9 Å². The lowest BCUT2D eigenvalue weighted by Gasteiger charge is -2.37. The van der Waals surface area contributed by atoms with Crippen LogP contribution in [-0.4, -0.2) is 63.4 Å². The van der Waals surface area contributed by atoms with Gasteiger partial charge in [0, 0.05) is 30.6 Å². The highest BCUT2D eigenvalue weighted by molar-refractivity contribution is 7.89. The quantitative estimate of drug-likeness (QED) is 0.658. The van der Waals surface area contributed by atoms with Crippen molar-refractivity contribution in [2.24, 2.45) is 5.92 Å². The second kappa shape index (κ2) is 9.79. The van der Waals surface area contributed by atoms with E-state index in [-0.39, 0.29) is 22.8 Å². The molecule has 0 aliphatic carbocycles. The summed E-state index contributed by atoms with van der Waals surface area (Å²) in [6, 6.07) is 13.9. The van der Waals surface area contributed by atoms with Crippen LogP contribution in [0, 0.1) is 5.92 Å². The number of hydrogen-bond acceptors (Lipinski definition) is 5. The molecule has 2 aromatic carbocycles. The number of benzene rings is 2. The number of amides is 1. The summed E-state index contributed by atoms with van der Waals surface area (Å²) in [5.41, 5.74) is 0.993. The lowest BCUT2D eigenvalue weighted by atomic mass is 9.96. The first-order valence-electron chi connectivity index (χ1n) is 10.7. The van der Waals surface area contributed by atoms with Crippen LogP contribution < -0.4 is 4.74 Å². The fourth-order valence-electron chi connectivity index (χ4n) is 4.23. The van der Waals surface area contributed by atoms with Gasteiger partial charge in [-0.25, -0.2) is 8.42 Å². The van der Waals surface area contributed by atoms with Crippen molar-refractivity contribution in [3.8, 4) is 5.75 Å². The number of hydrogen-bond donors (Lipinski definition) is 0. The molecule has 1 amide bonds. The maximum atomic E-state index is 13.1. The first-order valence-corrected chi connectivity index (χ1v) is 12.5. The van der Waals surface area contributed by atoms with E-state index < -0.39 is 10.0 Å². The predicted molar refractivity (Wildman–Crippen MR) is 121 cm³/mol. The van der Waals surface area contributed by atoms with Crippen molar-refractivity contribution in [1.82, 2.24) is 9.21 Å². The first kappa shape index (κ1) is 23.0. The van der Waals surface area contributed by atoms with Crippen LogP contribution in [-0.2, 0) is 19.6 Å². The van der Waals surface area contributed by atoms with E-state index in [1.54, 1.807) is 24.3 Å². The molecular formula is C23H27ClN2O5S. The Kier molecular flexibility index (Phi) is 7.05. The van der Waals surface area contributed by atoms with Crippen molar-refractivity contribution in [1.29, 1.82) is 0 Å². The molecule has 2 fully saturated rings. The molecule has 32 heavy (non-hydrogen) atoms. The van der Waals surface area contributed by atoms with Crippen molar-refractivity contribution >= 4 is 27.5 Å². The molecular weight excluding hydrogens is 452 g/mol. The van der Waals surface area contributed by atoms with Crippen LogP contribution in [0.4, 0.5) is 0 Å². The largest absolute Gasteiger partial charge is 0.497 e. The van der Waals surface area contributed by atoms with Crippen LogP contribution in [0.1, 0.15) is 24.5 Å². The minimum atomic E-state index is -3.59. The van der Waals surface area contributed by atoms with Crippen LogP contribution in [0.2, 0.25) is 5.02 Å². The van der Waals surface area contributed by atoms with Gasteiger partial charge in [0.15, 0.2) is 0 Å². The Morgan fingerprint density at radius 2 is 1.69 bits per heavy atom. The average molecular weight is 479 g/mol. The van der Waals surface area contributed by atoms with Gasteiger partial charge in [0.2, 0.25) is 15.9 Å². The Labute approximate surface area is 193 Å². The number of halogens is 1. The highest BCUT2D eigenvalue weighted by atomic mass is 35.5. The molecule has 2 saturated heterocycles. The zero-order chi connectivity index (χ0) is 22.7. The summed E-state index contributed by atoms with van der Waals surface area (Å²) < 4.78 is 38.3. The van der Waals surface area contributed by atoms with E-state index >= 15 is 0 Å². The van der Waals surface area contributed by atoms with E-state index in [9.17, 15) is 13.2 Å². The molecule has 0 spiro atoms. The van der Waals surface area contributed by atoms with E-state index in [1.807, 2.05) is 29.2 Å². The summed E-state index contributed by atoms with van der Waals surface area (Å²) in [4.78, 5) is 15.2. The maximum Gasteiger partial charge on any atom is 0.243 e. The average Bonchev–Trinajstić information content (AvgIpc) is 2.84. The van der Waals surface area contributed by atoms with E-state index in [4.69, 9.17) is 21.1 Å². The SMILES string of the molecule is COc1ccc(S(=O)(=O)N2CCC(C(=O)N3CCOC(c4ccc(Cl)cc4)C3)CC2)cc1. The van der Waals surface area contributed by atoms with Crippen molar-refractivity contribution in [3.05, 3.63) is 59.1 Å². The number of piperidine rings is 1. The van der Waals surface area contributed by atoms with Crippen LogP contribution in [0.5, 0.6) is 5.75 Å². The minimum absolute atomic E-state index is 0.0776. The van der Waals surface area contributed by atoms with Gasteiger partial charge >= 0.3 is 0 Å². The topological polar surface area (TPSA) is 76.2 Å². The highest BCUT2D eigenvalue weighted by Gasteiger charge is 2.35. The lowest BCUT2D eigenvalue weighted by molar-refractivity contribution is -0.144. The van der Waals surface area contributed by atoms with Crippen LogP contribution in [0.15, 0.2) is 53.4 Å². The van der Waals surface area contributed by atoms with Crippen LogP contribution >= 0.6 is 11.6 Å². The van der Waals surface area contributed by atoms with Gasteiger partial charge in [0.05, 0.1) is 25.2 Å². The first-order chi connectivity index (χ1) is 15.4. The van der Waals surface area contributed by atoms with E-state index in [2.05, 4.69) is 0 Å². The molecule has 4 rings (SSSR count). The fourth-order valence-corrected chi connectivity index (χ4v) is 5.82. The molecule has 1 unspecified atom stereocenters. The van der Waals surface area contributed by atoms with Gasteiger partial charge in [-0.2, -0.15) is 4.31 Å². The zero-order valence-electron chi connectivity index (χ0n) is 17.9. The normalized spacial score (nSPS) is 20.8. The summed E-state index contributed by atoms with van der Waals surface area (Å²) in [6.45, 7) is 2.17. The third kappa shape index (κ3) is 4.93. The standard InChI is InChI=1S/C23H27ClN2O5S/c1-30-20-6-8-21(9-7-20)32(28,29)26-12-10-18(11-13-26)23(27)25-14-15-31-22(16-25)17-2-4-19(24)5-3-17/h2-9,18,22H,10-16H2,1H3. The molecule has 0 aromatic heterocycles. The summed E-state index contributed by atoms with van der Waals surface area (Å²) in [7, 11) is -2.05. The monoisotopic (exact) mass is 478 g/mol. The van der Waals surface area contributed by atoms with Gasteiger partial charge in [-0.3, -0.25) is 4.79 Å². The van der Waals surface area contributed by atoms with Crippen molar-refractivity contribution < 1.29 is 22.7 Å². The maximum absolute atomic E-state index is 13.1. The third-order valence-corrected chi connectivity index (χ3v) is 8.29. The van der Waals surface area contributed by atoms with Gasteiger partial charge in [-0.15, -0.1) is 0 Å². The number of ether oxygens (including phenoxy) is 2. The molecule has 0 saturated carbocycles. The number of sulfonamides is 1. The molecule has 0 bridgehead atoms. The molecule has 2 aliphatic heterocycles. The number of methoxy groups -OCH3 is 1. The predicted octanol–water partition coefficient (Wildman–Crippen LogP) is 3.35. The van der Waals surface area contributed by atoms with Crippen LogP contribution in [0.25, 0.3) is 0 Å². The van der Waals surface area contributed by atoms with Gasteiger partial charge in [-0.1, -0.05) is 23.7 Å². The van der Waals surface area contributed by atoms with Crippen LogP contribution in [0.3, 0.4) is 0 Å². The number of carbonyl (C=O) groups excluding carboxylic acids is 1. The van der Waals surface area contributed by atoms with E-state index in [0.717, 1.165) is 5.56 Å². The summed E-state index contributed by atoms with van der Waals surface area (Å²) in [6.07, 6.45) is 0.842. The molecule has 9 heteroatoms. The summed E-state index contributed by atoms with van der Waals surface area (Å²) in [5.74, 6) is 0.505. The molecule has 7 nitrogen and oxygen atoms in total. The minimum Gasteiger partial charge on any atom is -0.497 e. The number of carbonyl (C=O) groups is 1. The molecule has 2 aliphatic rings. The Morgan fingerprint density at radius 1 is 1.03 bits per heavy atom. The highest BCUT2D eigenvalue weighted by Crippen LogP contribution is 2.29. The van der Waals surface area contributed by atoms with Gasteiger partial charge in [0.25, 0.3) is 0 Å².